The number of aryl methyl sites for hydroxylation is 1. The number of methoxy groups -OCH3 is 1. The Morgan fingerprint density at radius 1 is 1.42 bits per heavy atom. The smallest absolute Gasteiger partial charge is 0.325 e. The second-order valence-electron chi connectivity index (χ2n) is 4.58. The fourth-order valence-corrected chi connectivity index (χ4v) is 2.30. The molecule has 7 heteroatoms. The quantitative estimate of drug-likeness (QED) is 0.754. The molecule has 1 saturated carbocycles. The molecule has 1 heterocycles. The number of carbonyl (C=O) groups excluding carboxylic acids is 2. The lowest BCUT2D eigenvalue weighted by atomic mass is 10.2. The van der Waals surface area contributed by atoms with E-state index in [2.05, 4.69) is 14.9 Å². The van der Waals surface area contributed by atoms with E-state index >= 15 is 0 Å². The standard InChI is InChI=1S/C12H17N3O4/c1-8-13-11(14-19-8)12(17)15(7-10(16)18-2)9-5-3-4-6-9/h9H,3-7H2,1-2H3. The van der Waals surface area contributed by atoms with E-state index in [0.717, 1.165) is 25.7 Å². The van der Waals surface area contributed by atoms with Crippen molar-refractivity contribution in [2.45, 2.75) is 38.6 Å². The average molecular weight is 267 g/mol. The third kappa shape index (κ3) is 3.10. The normalized spacial score (nSPS) is 15.5. The summed E-state index contributed by atoms with van der Waals surface area (Å²) >= 11 is 0. The zero-order valence-electron chi connectivity index (χ0n) is 11.1. The van der Waals surface area contributed by atoms with Gasteiger partial charge in [0.1, 0.15) is 6.54 Å². The van der Waals surface area contributed by atoms with Gasteiger partial charge in [-0.15, -0.1) is 0 Å². The predicted molar refractivity (Wildman–Crippen MR) is 64.3 cm³/mol. The van der Waals surface area contributed by atoms with Gasteiger partial charge in [-0.3, -0.25) is 9.59 Å². The summed E-state index contributed by atoms with van der Waals surface area (Å²) in [6.07, 6.45) is 3.89. The summed E-state index contributed by atoms with van der Waals surface area (Å²) in [5, 5.41) is 3.61. The Morgan fingerprint density at radius 3 is 2.63 bits per heavy atom. The third-order valence-electron chi connectivity index (χ3n) is 3.27. The first-order valence-electron chi connectivity index (χ1n) is 6.30. The number of amides is 1. The van der Waals surface area contributed by atoms with Gasteiger partial charge in [-0.2, -0.15) is 4.98 Å². The molecular weight excluding hydrogens is 250 g/mol. The zero-order chi connectivity index (χ0) is 13.8. The van der Waals surface area contributed by atoms with E-state index in [1.807, 2.05) is 0 Å². The summed E-state index contributed by atoms with van der Waals surface area (Å²) < 4.78 is 9.44. The topological polar surface area (TPSA) is 85.5 Å². The minimum Gasteiger partial charge on any atom is -0.468 e. The summed E-state index contributed by atoms with van der Waals surface area (Å²) in [4.78, 5) is 29.2. The van der Waals surface area contributed by atoms with Crippen LogP contribution in [0.2, 0.25) is 0 Å². The van der Waals surface area contributed by atoms with Crippen molar-refractivity contribution in [1.82, 2.24) is 15.0 Å². The fourth-order valence-electron chi connectivity index (χ4n) is 2.30. The highest BCUT2D eigenvalue weighted by atomic mass is 16.5. The molecule has 2 rings (SSSR count). The molecule has 1 aromatic heterocycles. The Labute approximate surface area is 110 Å². The van der Waals surface area contributed by atoms with Gasteiger partial charge in [-0.05, 0) is 12.8 Å². The van der Waals surface area contributed by atoms with Crippen LogP contribution < -0.4 is 0 Å². The third-order valence-corrected chi connectivity index (χ3v) is 3.27. The number of carbonyl (C=O) groups is 2. The van der Waals surface area contributed by atoms with E-state index in [9.17, 15) is 9.59 Å². The van der Waals surface area contributed by atoms with E-state index in [0.29, 0.717) is 5.89 Å². The number of esters is 1. The van der Waals surface area contributed by atoms with E-state index in [1.165, 1.54) is 12.0 Å². The van der Waals surface area contributed by atoms with Crippen LogP contribution in [0.15, 0.2) is 4.52 Å². The maximum Gasteiger partial charge on any atom is 0.325 e. The molecule has 0 atom stereocenters. The Hall–Kier alpha value is -1.92. The molecule has 1 amide bonds. The van der Waals surface area contributed by atoms with E-state index < -0.39 is 5.97 Å². The highest BCUT2D eigenvalue weighted by Crippen LogP contribution is 2.24. The van der Waals surface area contributed by atoms with Crippen molar-refractivity contribution in [2.75, 3.05) is 13.7 Å². The Balaban J connectivity index is 2.15. The second kappa shape index (κ2) is 5.81. The van der Waals surface area contributed by atoms with Gasteiger partial charge in [0.2, 0.25) is 5.89 Å². The minimum atomic E-state index is -0.444. The Morgan fingerprint density at radius 2 is 2.11 bits per heavy atom. The number of rotatable bonds is 4. The Kier molecular flexibility index (Phi) is 4.13. The van der Waals surface area contributed by atoms with E-state index in [4.69, 9.17) is 4.52 Å². The van der Waals surface area contributed by atoms with Gasteiger partial charge in [-0.25, -0.2) is 0 Å². The van der Waals surface area contributed by atoms with Crippen molar-refractivity contribution in [3.63, 3.8) is 0 Å². The van der Waals surface area contributed by atoms with Gasteiger partial charge < -0.3 is 14.2 Å². The van der Waals surface area contributed by atoms with Gasteiger partial charge >= 0.3 is 5.97 Å². The second-order valence-corrected chi connectivity index (χ2v) is 4.58. The molecule has 104 valence electrons. The molecule has 0 unspecified atom stereocenters. The number of ether oxygens (including phenoxy) is 1. The molecule has 0 bridgehead atoms. The SMILES string of the molecule is COC(=O)CN(C(=O)c1noc(C)n1)C1CCCC1. The maximum atomic E-state index is 12.3. The lowest BCUT2D eigenvalue weighted by Crippen LogP contribution is -2.43. The van der Waals surface area contributed by atoms with Crippen molar-refractivity contribution in [1.29, 1.82) is 0 Å². The first kappa shape index (κ1) is 13.5. The van der Waals surface area contributed by atoms with Crippen LogP contribution in [0.5, 0.6) is 0 Å². The number of nitrogens with zero attached hydrogens (tertiary/aromatic N) is 3. The van der Waals surface area contributed by atoms with Gasteiger partial charge in [0.15, 0.2) is 0 Å². The molecule has 1 aromatic rings. The number of hydrogen-bond acceptors (Lipinski definition) is 6. The average Bonchev–Trinajstić information content (AvgIpc) is 3.05. The van der Waals surface area contributed by atoms with Crippen molar-refractivity contribution >= 4 is 11.9 Å². The number of aromatic nitrogens is 2. The van der Waals surface area contributed by atoms with Gasteiger partial charge in [0.05, 0.1) is 7.11 Å². The molecule has 1 aliphatic rings. The van der Waals surface area contributed by atoms with Crippen molar-refractivity contribution in [3.05, 3.63) is 11.7 Å². The van der Waals surface area contributed by atoms with E-state index in [-0.39, 0.29) is 24.3 Å². The summed E-state index contributed by atoms with van der Waals surface area (Å²) in [7, 11) is 1.30. The molecule has 0 aliphatic heterocycles. The zero-order valence-corrected chi connectivity index (χ0v) is 11.1. The van der Waals surface area contributed by atoms with Crippen molar-refractivity contribution in [2.24, 2.45) is 0 Å². The highest BCUT2D eigenvalue weighted by Gasteiger charge is 2.31. The summed E-state index contributed by atoms with van der Waals surface area (Å²) in [5.41, 5.74) is 0. The predicted octanol–water partition coefficient (Wildman–Crippen LogP) is 0.936. The van der Waals surface area contributed by atoms with E-state index in [1.54, 1.807) is 6.92 Å². The molecule has 19 heavy (non-hydrogen) atoms. The van der Waals surface area contributed by atoms with Crippen LogP contribution in [0.3, 0.4) is 0 Å². The molecule has 0 saturated heterocycles. The van der Waals surface area contributed by atoms with Gasteiger partial charge in [-0.1, -0.05) is 18.0 Å². The first-order valence-corrected chi connectivity index (χ1v) is 6.30. The lowest BCUT2D eigenvalue weighted by Gasteiger charge is -2.26. The highest BCUT2D eigenvalue weighted by molar-refractivity contribution is 5.92. The number of hydrogen-bond donors (Lipinski definition) is 0. The van der Waals surface area contributed by atoms with Crippen LogP contribution >= 0.6 is 0 Å². The molecular formula is C12H17N3O4. The molecule has 1 aliphatic carbocycles. The van der Waals surface area contributed by atoms with Crippen LogP contribution in [0.4, 0.5) is 0 Å². The summed E-state index contributed by atoms with van der Waals surface area (Å²) in [6.45, 7) is 1.54. The van der Waals surface area contributed by atoms with Crippen LogP contribution in [0.1, 0.15) is 42.2 Å². The first-order chi connectivity index (χ1) is 9.11. The molecule has 0 N–H and O–H groups in total. The molecule has 1 fully saturated rings. The molecule has 7 nitrogen and oxygen atoms in total. The monoisotopic (exact) mass is 267 g/mol. The summed E-state index contributed by atoms with van der Waals surface area (Å²) in [6, 6.07) is 0.0467. The maximum absolute atomic E-state index is 12.3. The molecule has 0 spiro atoms. The Bertz CT molecular complexity index is 465. The largest absolute Gasteiger partial charge is 0.468 e. The van der Waals surface area contributed by atoms with Crippen LogP contribution in [0, 0.1) is 6.92 Å². The van der Waals surface area contributed by atoms with Gasteiger partial charge in [0, 0.05) is 13.0 Å². The van der Waals surface area contributed by atoms with Crippen molar-refractivity contribution in [3.8, 4) is 0 Å². The lowest BCUT2D eigenvalue weighted by molar-refractivity contribution is -0.141. The van der Waals surface area contributed by atoms with Gasteiger partial charge in [0.25, 0.3) is 11.7 Å². The molecule has 0 radical (unpaired) electrons. The molecule has 0 aromatic carbocycles. The van der Waals surface area contributed by atoms with Crippen molar-refractivity contribution < 1.29 is 18.8 Å². The van der Waals surface area contributed by atoms with Crippen LogP contribution in [-0.2, 0) is 9.53 Å². The van der Waals surface area contributed by atoms with Crippen LogP contribution in [0.25, 0.3) is 0 Å². The van der Waals surface area contributed by atoms with Crippen LogP contribution in [-0.4, -0.2) is 46.6 Å². The fraction of sp³-hybridized carbons (Fsp3) is 0.667. The minimum absolute atomic E-state index is 0.00620. The summed E-state index contributed by atoms with van der Waals surface area (Å²) in [5.74, 6) is -0.504.